The van der Waals surface area contributed by atoms with Gasteiger partial charge >= 0.3 is 13.6 Å². The summed E-state index contributed by atoms with van der Waals surface area (Å²) in [4.78, 5) is 41.6. The Bertz CT molecular complexity index is 2450. The molecule has 0 saturated heterocycles. The number of aryl methyl sites for hydroxylation is 1. The number of carbonyl (C=O) groups excluding carboxylic acids is 2. The number of rotatable bonds is 18. The van der Waals surface area contributed by atoms with Crippen molar-refractivity contribution in [2.75, 3.05) is 6.35 Å². The summed E-state index contributed by atoms with van der Waals surface area (Å²) in [5, 5.41) is 12.3. The second-order valence-electron chi connectivity index (χ2n) is 14.8. The predicted octanol–water partition coefficient (Wildman–Crippen LogP) is 9.76. The molecule has 1 aliphatic rings. The van der Waals surface area contributed by atoms with Crippen LogP contribution in [0.25, 0.3) is 0 Å². The molecular weight excluding hydrogens is 774 g/mol. The highest BCUT2D eigenvalue weighted by Crippen LogP contribution is 2.48. The van der Waals surface area contributed by atoms with Gasteiger partial charge in [0.1, 0.15) is 11.5 Å². The van der Waals surface area contributed by atoms with E-state index in [-0.39, 0.29) is 30.6 Å². The van der Waals surface area contributed by atoms with E-state index in [1.807, 2.05) is 127 Å². The molecule has 1 aliphatic heterocycles. The van der Waals surface area contributed by atoms with Crippen LogP contribution in [0.5, 0.6) is 5.75 Å². The van der Waals surface area contributed by atoms with Crippen molar-refractivity contribution in [2.45, 2.75) is 50.9 Å². The number of aliphatic hydroxyl groups is 1. The Kier molecular flexibility index (Phi) is 13.6. The minimum absolute atomic E-state index is 0.0176. The number of urea groups is 1. The molecule has 6 aromatic carbocycles. The van der Waals surface area contributed by atoms with E-state index >= 15 is 4.79 Å². The lowest BCUT2D eigenvalue weighted by Gasteiger charge is -2.43. The standard InChI is InChI=1S/C49H48N3O7P/c50-48(54)41-26-15-22-39(30-41)33-51-44(31-37-18-7-2-8-19-37)47(53)43(29-28-36-16-5-1-6-17-36)52(49(51)55)34-42-25-13-14-27-45(42)58-35-60(56,57)59-46(40-23-11-4-12-24-40)32-38-20-9-3-10-21-38/h1-27,30,44,46,53H,28-29,31-35H2,(H2,50,54)(H,56,57). The van der Waals surface area contributed by atoms with Crippen molar-refractivity contribution in [1.29, 1.82) is 0 Å². The summed E-state index contributed by atoms with van der Waals surface area (Å²) in [5.41, 5.74) is 11.3. The molecule has 0 radical (unpaired) electrons. The van der Waals surface area contributed by atoms with Crippen molar-refractivity contribution in [3.63, 3.8) is 0 Å². The number of hydrogen-bond donors (Lipinski definition) is 3. The highest BCUT2D eigenvalue weighted by molar-refractivity contribution is 7.52. The summed E-state index contributed by atoms with van der Waals surface area (Å²) >= 11 is 0. The Morgan fingerprint density at radius 1 is 0.700 bits per heavy atom. The van der Waals surface area contributed by atoms with E-state index in [4.69, 9.17) is 15.0 Å². The van der Waals surface area contributed by atoms with Gasteiger partial charge in [0.15, 0.2) is 6.35 Å². The molecule has 3 unspecified atom stereocenters. The Morgan fingerprint density at radius 2 is 1.28 bits per heavy atom. The first-order valence-corrected chi connectivity index (χ1v) is 21.7. The lowest BCUT2D eigenvalue weighted by Crippen LogP contribution is -2.53. The van der Waals surface area contributed by atoms with E-state index in [1.165, 1.54) is 0 Å². The molecule has 0 spiro atoms. The van der Waals surface area contributed by atoms with Gasteiger partial charge in [-0.15, -0.1) is 0 Å². The molecule has 7 rings (SSSR count). The van der Waals surface area contributed by atoms with Crippen molar-refractivity contribution in [2.24, 2.45) is 5.73 Å². The highest BCUT2D eigenvalue weighted by atomic mass is 31.2. The summed E-state index contributed by atoms with van der Waals surface area (Å²) in [6, 6.07) is 51.2. The van der Waals surface area contributed by atoms with E-state index in [1.54, 1.807) is 52.3 Å². The Labute approximate surface area is 350 Å². The molecule has 306 valence electrons. The van der Waals surface area contributed by atoms with Crippen molar-refractivity contribution < 1.29 is 33.4 Å². The van der Waals surface area contributed by atoms with Gasteiger partial charge in [0, 0.05) is 30.5 Å². The van der Waals surface area contributed by atoms with Crippen molar-refractivity contribution in [3.05, 3.63) is 220 Å². The van der Waals surface area contributed by atoms with Crippen LogP contribution in [0.2, 0.25) is 0 Å². The molecule has 3 amide bonds. The van der Waals surface area contributed by atoms with Crippen LogP contribution in [0.15, 0.2) is 181 Å². The maximum absolute atomic E-state index is 15.0. The SMILES string of the molecule is NC(=O)c1cccc(CN2C(=O)N(Cc3ccccc3OCP(=O)(O)OC(Cc3ccccc3)c3ccccc3)C(CCc3ccccc3)=C(O)C2Cc2ccccc2)c1. The maximum atomic E-state index is 15.0. The first kappa shape index (κ1) is 41.7. The molecule has 4 N–H and O–H groups in total. The smallest absolute Gasteiger partial charge is 0.365 e. The van der Waals surface area contributed by atoms with Crippen LogP contribution in [-0.2, 0) is 41.4 Å². The Balaban J connectivity index is 1.19. The van der Waals surface area contributed by atoms with Crippen molar-refractivity contribution in [1.82, 2.24) is 9.80 Å². The van der Waals surface area contributed by atoms with Gasteiger partial charge in [0.05, 0.1) is 24.4 Å². The number of allylic oxidation sites excluding steroid dienone is 1. The molecule has 11 heteroatoms. The number of ether oxygens (including phenoxy) is 1. The summed E-state index contributed by atoms with van der Waals surface area (Å²) in [5.74, 6) is -0.245. The predicted molar refractivity (Wildman–Crippen MR) is 232 cm³/mol. The van der Waals surface area contributed by atoms with Gasteiger partial charge in [-0.1, -0.05) is 152 Å². The van der Waals surface area contributed by atoms with E-state index < -0.39 is 32.0 Å². The summed E-state index contributed by atoms with van der Waals surface area (Å²) < 4.78 is 25.8. The molecule has 0 aliphatic carbocycles. The summed E-state index contributed by atoms with van der Waals surface area (Å²) in [7, 11) is -4.35. The van der Waals surface area contributed by atoms with Crippen LogP contribution in [0.1, 0.15) is 56.3 Å². The van der Waals surface area contributed by atoms with Crippen LogP contribution in [0, 0.1) is 0 Å². The van der Waals surface area contributed by atoms with Crippen molar-refractivity contribution in [3.8, 4) is 5.75 Å². The van der Waals surface area contributed by atoms with Gasteiger partial charge in [-0.3, -0.25) is 18.8 Å². The number of nitrogens with zero attached hydrogens (tertiary/aromatic N) is 2. The van der Waals surface area contributed by atoms with Crippen molar-refractivity contribution >= 4 is 19.5 Å². The average Bonchev–Trinajstić information content (AvgIpc) is 3.27. The number of para-hydroxylation sites is 1. The molecule has 0 fully saturated rings. The lowest BCUT2D eigenvalue weighted by molar-refractivity contribution is 0.0999. The van der Waals surface area contributed by atoms with Gasteiger partial charge in [0.25, 0.3) is 0 Å². The van der Waals surface area contributed by atoms with E-state index in [9.17, 15) is 19.4 Å². The van der Waals surface area contributed by atoms with Crippen LogP contribution >= 0.6 is 7.60 Å². The minimum atomic E-state index is -4.35. The van der Waals surface area contributed by atoms with Gasteiger partial charge in [-0.2, -0.15) is 0 Å². The van der Waals surface area contributed by atoms with Gasteiger partial charge in [-0.25, -0.2) is 4.79 Å². The van der Waals surface area contributed by atoms with E-state index in [0.717, 1.165) is 22.3 Å². The number of nitrogens with two attached hydrogens (primary N) is 1. The van der Waals surface area contributed by atoms with Gasteiger partial charge < -0.3 is 25.4 Å². The Morgan fingerprint density at radius 3 is 1.95 bits per heavy atom. The third-order valence-electron chi connectivity index (χ3n) is 10.5. The van der Waals surface area contributed by atoms with Crippen LogP contribution in [0.3, 0.4) is 0 Å². The second kappa shape index (κ2) is 19.5. The fourth-order valence-corrected chi connectivity index (χ4v) is 8.45. The topological polar surface area (TPSA) is 143 Å². The maximum Gasteiger partial charge on any atom is 0.365 e. The zero-order valence-electron chi connectivity index (χ0n) is 33.1. The van der Waals surface area contributed by atoms with Crippen LogP contribution in [-0.4, -0.2) is 44.1 Å². The molecule has 6 aromatic rings. The third-order valence-corrected chi connectivity index (χ3v) is 11.6. The first-order chi connectivity index (χ1) is 29.1. The summed E-state index contributed by atoms with van der Waals surface area (Å²) in [6.45, 7) is 0.0645. The van der Waals surface area contributed by atoms with E-state index in [0.29, 0.717) is 48.1 Å². The molecule has 1 heterocycles. The number of amides is 3. The minimum Gasteiger partial charge on any atom is -0.508 e. The van der Waals surface area contributed by atoms with Crippen LogP contribution < -0.4 is 10.5 Å². The van der Waals surface area contributed by atoms with Crippen LogP contribution in [0.4, 0.5) is 4.79 Å². The lowest BCUT2D eigenvalue weighted by atomic mass is 9.96. The molecule has 60 heavy (non-hydrogen) atoms. The fourth-order valence-electron chi connectivity index (χ4n) is 7.50. The number of benzene rings is 6. The number of primary amides is 1. The molecule has 10 nitrogen and oxygen atoms in total. The highest BCUT2D eigenvalue weighted by Gasteiger charge is 2.40. The quantitative estimate of drug-likeness (QED) is 0.0733. The number of hydrogen-bond acceptors (Lipinski definition) is 6. The normalized spacial score (nSPS) is 15.7. The molecular formula is C49H48N3O7P. The number of carbonyl (C=O) groups is 2. The monoisotopic (exact) mass is 821 g/mol. The largest absolute Gasteiger partial charge is 0.508 e. The molecule has 0 bridgehead atoms. The third kappa shape index (κ3) is 10.8. The molecule has 0 aromatic heterocycles. The Hall–Kier alpha value is -6.45. The number of aliphatic hydroxyl groups excluding tert-OH is 1. The average molecular weight is 822 g/mol. The zero-order valence-corrected chi connectivity index (χ0v) is 34.0. The van der Waals surface area contributed by atoms with Gasteiger partial charge in [-0.05, 0) is 58.9 Å². The summed E-state index contributed by atoms with van der Waals surface area (Å²) in [6.07, 6.45) is 0.267. The first-order valence-electron chi connectivity index (χ1n) is 19.9. The fraction of sp³-hybridized carbons (Fsp3) is 0.184. The molecule has 0 saturated carbocycles. The van der Waals surface area contributed by atoms with Gasteiger partial charge in [0.2, 0.25) is 5.91 Å². The zero-order chi connectivity index (χ0) is 41.9. The molecule has 3 atom stereocenters. The second-order valence-corrected chi connectivity index (χ2v) is 16.5. The van der Waals surface area contributed by atoms with E-state index in [2.05, 4.69) is 0 Å².